The van der Waals surface area contributed by atoms with Crippen LogP contribution in [0.5, 0.6) is 0 Å². The number of carboxylic acid groups (broad SMARTS) is 1. The molecule has 5 rings (SSSR count). The highest BCUT2D eigenvalue weighted by atomic mass is 16.5. The third-order valence-corrected chi connectivity index (χ3v) is 7.52. The Morgan fingerprint density at radius 3 is 2.18 bits per heavy atom. The summed E-state index contributed by atoms with van der Waals surface area (Å²) in [6.45, 7) is 3.11. The highest BCUT2D eigenvalue weighted by Crippen LogP contribution is 2.48. The quantitative estimate of drug-likeness (QED) is 0.676. The van der Waals surface area contributed by atoms with Crippen LogP contribution in [0, 0.1) is 17.3 Å². The minimum Gasteiger partial charge on any atom is -0.481 e. The van der Waals surface area contributed by atoms with Crippen molar-refractivity contribution in [3.63, 3.8) is 0 Å². The van der Waals surface area contributed by atoms with Crippen LogP contribution in [0.3, 0.4) is 0 Å². The SMILES string of the molecule is CC(C(=O)O)C1CN(C(=O)C2(CNC(=O)OCC3c4ccccc4-c4ccccc43)CC2)C1. The number of benzene rings is 2. The number of carbonyl (C=O) groups excluding carboxylic acids is 2. The third kappa shape index (κ3) is 3.86. The summed E-state index contributed by atoms with van der Waals surface area (Å²) < 4.78 is 5.58. The molecule has 1 unspecified atom stereocenters. The van der Waals surface area contributed by atoms with Crippen LogP contribution in [0.15, 0.2) is 48.5 Å². The number of nitrogens with one attached hydrogen (secondary N) is 1. The van der Waals surface area contributed by atoms with E-state index in [9.17, 15) is 14.4 Å². The Bertz CT molecular complexity index is 1060. The first kappa shape index (κ1) is 21.5. The topological polar surface area (TPSA) is 95.9 Å². The van der Waals surface area contributed by atoms with E-state index in [0.717, 1.165) is 24.0 Å². The molecule has 0 radical (unpaired) electrons. The van der Waals surface area contributed by atoms with Crippen molar-refractivity contribution in [1.29, 1.82) is 0 Å². The van der Waals surface area contributed by atoms with Gasteiger partial charge in [-0.3, -0.25) is 9.59 Å². The van der Waals surface area contributed by atoms with E-state index in [0.29, 0.717) is 13.1 Å². The van der Waals surface area contributed by atoms with Crippen LogP contribution in [-0.2, 0) is 14.3 Å². The van der Waals surface area contributed by atoms with Crippen LogP contribution in [0.4, 0.5) is 4.79 Å². The largest absolute Gasteiger partial charge is 0.481 e. The van der Waals surface area contributed by atoms with Crippen molar-refractivity contribution in [1.82, 2.24) is 10.2 Å². The first-order valence-corrected chi connectivity index (χ1v) is 11.5. The van der Waals surface area contributed by atoms with Gasteiger partial charge in [0, 0.05) is 31.5 Å². The average molecular weight is 449 g/mol. The Hall–Kier alpha value is -3.35. The van der Waals surface area contributed by atoms with Crippen molar-refractivity contribution in [2.75, 3.05) is 26.2 Å². The number of hydrogen-bond donors (Lipinski definition) is 2. The zero-order valence-electron chi connectivity index (χ0n) is 18.6. The first-order chi connectivity index (χ1) is 15.9. The number of amides is 2. The molecule has 1 saturated carbocycles. The van der Waals surface area contributed by atoms with Crippen molar-refractivity contribution in [2.24, 2.45) is 17.3 Å². The number of carbonyl (C=O) groups is 3. The van der Waals surface area contributed by atoms with E-state index in [1.165, 1.54) is 11.1 Å². The normalized spacial score (nSPS) is 19.1. The molecule has 1 atom stereocenters. The van der Waals surface area contributed by atoms with E-state index in [1.807, 2.05) is 24.3 Å². The van der Waals surface area contributed by atoms with Gasteiger partial charge in [0.1, 0.15) is 6.61 Å². The maximum atomic E-state index is 12.9. The van der Waals surface area contributed by atoms with Crippen LogP contribution in [0.2, 0.25) is 0 Å². The fourth-order valence-corrected chi connectivity index (χ4v) is 5.04. The van der Waals surface area contributed by atoms with E-state index >= 15 is 0 Å². The minimum absolute atomic E-state index is 0.00246. The number of ether oxygens (including phenoxy) is 1. The predicted molar refractivity (Wildman–Crippen MR) is 122 cm³/mol. The number of nitrogens with zero attached hydrogens (tertiary/aromatic N) is 1. The van der Waals surface area contributed by atoms with Gasteiger partial charge in [0.25, 0.3) is 0 Å². The molecular weight excluding hydrogens is 420 g/mol. The number of carboxylic acids is 1. The standard InChI is InChI=1S/C26H28N2O5/c1-16(23(29)30)17-12-28(13-17)24(31)26(10-11-26)15-27-25(32)33-14-22-20-8-4-2-6-18(20)19-7-3-5-9-21(19)22/h2-9,16-17,22H,10-15H2,1H3,(H,27,32)(H,29,30). The van der Waals surface area contributed by atoms with Crippen molar-refractivity contribution < 1.29 is 24.2 Å². The molecule has 7 nitrogen and oxygen atoms in total. The molecule has 2 aromatic carbocycles. The molecule has 1 heterocycles. The lowest BCUT2D eigenvalue weighted by molar-refractivity contribution is -0.153. The van der Waals surface area contributed by atoms with Gasteiger partial charge in [-0.25, -0.2) is 4.79 Å². The van der Waals surface area contributed by atoms with Crippen molar-refractivity contribution in [3.8, 4) is 11.1 Å². The van der Waals surface area contributed by atoms with Gasteiger partial charge in [-0.1, -0.05) is 55.5 Å². The second kappa shape index (κ2) is 8.21. The number of hydrogen-bond acceptors (Lipinski definition) is 4. The van der Waals surface area contributed by atoms with E-state index in [1.54, 1.807) is 11.8 Å². The molecule has 172 valence electrons. The van der Waals surface area contributed by atoms with Gasteiger partial charge in [0.15, 0.2) is 0 Å². The van der Waals surface area contributed by atoms with Gasteiger partial charge in [0.05, 0.1) is 11.3 Å². The van der Waals surface area contributed by atoms with Gasteiger partial charge in [-0.05, 0) is 35.1 Å². The van der Waals surface area contributed by atoms with Crippen molar-refractivity contribution in [2.45, 2.75) is 25.7 Å². The van der Waals surface area contributed by atoms with Crippen molar-refractivity contribution >= 4 is 18.0 Å². The molecular formula is C26H28N2O5. The zero-order valence-corrected chi connectivity index (χ0v) is 18.6. The lowest BCUT2D eigenvalue weighted by Crippen LogP contribution is -2.56. The second-order valence-electron chi connectivity index (χ2n) is 9.56. The van der Waals surface area contributed by atoms with Crippen LogP contribution >= 0.6 is 0 Å². The zero-order chi connectivity index (χ0) is 23.2. The molecule has 1 saturated heterocycles. The van der Waals surface area contributed by atoms with E-state index in [-0.39, 0.29) is 30.9 Å². The Kier molecular flexibility index (Phi) is 5.35. The number of fused-ring (bicyclic) bond motifs is 3. The van der Waals surface area contributed by atoms with Crippen LogP contribution in [-0.4, -0.2) is 54.2 Å². The molecule has 33 heavy (non-hydrogen) atoms. The summed E-state index contributed by atoms with van der Waals surface area (Å²) in [4.78, 5) is 38.2. The molecule has 0 spiro atoms. The van der Waals surface area contributed by atoms with Crippen LogP contribution in [0.25, 0.3) is 11.1 Å². The minimum atomic E-state index is -0.829. The predicted octanol–water partition coefficient (Wildman–Crippen LogP) is 3.48. The maximum Gasteiger partial charge on any atom is 0.407 e. The second-order valence-corrected chi connectivity index (χ2v) is 9.56. The summed E-state index contributed by atoms with van der Waals surface area (Å²) in [5, 5.41) is 11.9. The van der Waals surface area contributed by atoms with E-state index in [2.05, 4.69) is 29.6 Å². The summed E-state index contributed by atoms with van der Waals surface area (Å²) in [6.07, 6.45) is 0.938. The Balaban J connectivity index is 1.14. The number of likely N-dealkylation sites (tertiary alicyclic amines) is 1. The van der Waals surface area contributed by atoms with Gasteiger partial charge in [-0.2, -0.15) is 0 Å². The van der Waals surface area contributed by atoms with Gasteiger partial charge < -0.3 is 20.1 Å². The fourth-order valence-electron chi connectivity index (χ4n) is 5.04. The molecule has 3 aliphatic rings. The van der Waals surface area contributed by atoms with Gasteiger partial charge in [0.2, 0.25) is 5.91 Å². The smallest absolute Gasteiger partial charge is 0.407 e. The summed E-state index contributed by atoms with van der Waals surface area (Å²) in [6, 6.07) is 16.4. The molecule has 2 aliphatic carbocycles. The monoisotopic (exact) mass is 448 g/mol. The molecule has 2 fully saturated rings. The van der Waals surface area contributed by atoms with Crippen LogP contribution in [0.1, 0.15) is 36.8 Å². The van der Waals surface area contributed by atoms with Crippen LogP contribution < -0.4 is 5.32 Å². The Morgan fingerprint density at radius 1 is 1.06 bits per heavy atom. The maximum absolute atomic E-state index is 12.9. The average Bonchev–Trinajstić information content (AvgIpc) is 3.52. The molecule has 2 amide bonds. The van der Waals surface area contributed by atoms with Crippen molar-refractivity contribution in [3.05, 3.63) is 59.7 Å². The number of rotatable bonds is 7. The van der Waals surface area contributed by atoms with E-state index < -0.39 is 23.4 Å². The molecule has 2 N–H and O–H groups in total. The van der Waals surface area contributed by atoms with Gasteiger partial charge in [-0.15, -0.1) is 0 Å². The summed E-state index contributed by atoms with van der Waals surface area (Å²) in [5.41, 5.74) is 4.10. The Labute approximate surface area is 192 Å². The number of aliphatic carboxylic acids is 1. The third-order valence-electron chi connectivity index (χ3n) is 7.52. The number of alkyl carbamates (subject to hydrolysis) is 1. The lowest BCUT2D eigenvalue weighted by atomic mass is 9.86. The highest BCUT2D eigenvalue weighted by Gasteiger charge is 2.54. The lowest BCUT2D eigenvalue weighted by Gasteiger charge is -2.43. The van der Waals surface area contributed by atoms with Gasteiger partial charge >= 0.3 is 12.1 Å². The highest BCUT2D eigenvalue weighted by molar-refractivity contribution is 5.87. The molecule has 7 heteroatoms. The fraction of sp³-hybridized carbons (Fsp3) is 0.423. The first-order valence-electron chi connectivity index (χ1n) is 11.5. The van der Waals surface area contributed by atoms with E-state index in [4.69, 9.17) is 9.84 Å². The molecule has 1 aliphatic heterocycles. The molecule has 0 aromatic heterocycles. The summed E-state index contributed by atoms with van der Waals surface area (Å²) in [7, 11) is 0. The summed E-state index contributed by atoms with van der Waals surface area (Å²) in [5.74, 6) is -1.28. The molecule has 0 bridgehead atoms. The summed E-state index contributed by atoms with van der Waals surface area (Å²) >= 11 is 0. The Morgan fingerprint density at radius 2 is 1.64 bits per heavy atom. The molecule has 2 aromatic rings.